The second-order valence-electron chi connectivity index (χ2n) is 6.81. The van der Waals surface area contributed by atoms with Gasteiger partial charge in [0.1, 0.15) is 5.75 Å². The molecular weight excluding hydrogens is 472 g/mol. The van der Waals surface area contributed by atoms with Crippen LogP contribution in [0, 0.1) is 0 Å². The number of carbonyl (C=O) groups excluding carboxylic acids is 2. The zero-order chi connectivity index (χ0) is 25.6. The van der Waals surface area contributed by atoms with Crippen LogP contribution in [0.4, 0.5) is 32.3 Å². The Hall–Kier alpha value is -3.58. The molecule has 14 heteroatoms. The molecule has 3 rings (SSSR count). The molecule has 1 aliphatic rings. The molecule has 1 saturated carbocycles. The van der Waals surface area contributed by atoms with E-state index in [-0.39, 0.29) is 22.8 Å². The number of anilines is 1. The Balaban J connectivity index is 0.00000199. The minimum atomic E-state index is -5.18. The van der Waals surface area contributed by atoms with Crippen molar-refractivity contribution in [1.29, 1.82) is 0 Å². The maximum absolute atomic E-state index is 12.8. The minimum absolute atomic E-state index is 0.0256. The lowest BCUT2D eigenvalue weighted by molar-refractivity contribution is -0.275. The van der Waals surface area contributed by atoms with Crippen LogP contribution in [0.3, 0.4) is 0 Å². The van der Waals surface area contributed by atoms with Crippen molar-refractivity contribution in [2.45, 2.75) is 51.2 Å². The van der Waals surface area contributed by atoms with Gasteiger partial charge < -0.3 is 10.1 Å². The number of hydrogen-bond acceptors (Lipinski definition) is 6. The molecule has 1 aliphatic carbocycles. The Morgan fingerprint density at radius 2 is 1.56 bits per heavy atom. The second kappa shape index (κ2) is 10.6. The third-order valence-electron chi connectivity index (χ3n) is 4.65. The first kappa shape index (κ1) is 26.7. The average molecular weight is 493 g/mol. The molecule has 1 heterocycles. The van der Waals surface area contributed by atoms with Crippen LogP contribution in [-0.2, 0) is 10.3 Å². The fourth-order valence-electron chi connectivity index (χ4n) is 3.05. The topological polar surface area (TPSA) is 105 Å². The van der Waals surface area contributed by atoms with Crippen molar-refractivity contribution in [3.8, 4) is 5.75 Å². The fourth-order valence-corrected chi connectivity index (χ4v) is 3.05. The predicted octanol–water partition coefficient (Wildman–Crippen LogP) is 4.22. The molecule has 0 radical (unpaired) electrons. The molecule has 1 aromatic heterocycles. The summed E-state index contributed by atoms with van der Waals surface area (Å²) in [7, 11) is 0. The van der Waals surface area contributed by atoms with Gasteiger partial charge in [-0.05, 0) is 25.3 Å². The third-order valence-corrected chi connectivity index (χ3v) is 4.65. The Labute approximate surface area is 190 Å². The van der Waals surface area contributed by atoms with Gasteiger partial charge in [-0.2, -0.15) is 13.2 Å². The number of alkyl halides is 6. The molecule has 186 valence electrons. The first-order valence-corrected chi connectivity index (χ1v) is 10.0. The highest BCUT2D eigenvalue weighted by Crippen LogP contribution is 2.47. The summed E-state index contributed by atoms with van der Waals surface area (Å²) >= 11 is 0. The lowest BCUT2D eigenvalue weighted by atomic mass is 9.71. The molecule has 2 aromatic rings. The van der Waals surface area contributed by atoms with E-state index in [1.165, 1.54) is 23.6 Å². The summed E-state index contributed by atoms with van der Waals surface area (Å²) < 4.78 is 78.8. The van der Waals surface area contributed by atoms with Gasteiger partial charge in [-0.1, -0.05) is 32.0 Å². The van der Waals surface area contributed by atoms with Gasteiger partial charge in [0.25, 0.3) is 5.91 Å². The van der Waals surface area contributed by atoms with Crippen molar-refractivity contribution < 1.29 is 40.7 Å². The molecule has 0 aliphatic heterocycles. The van der Waals surface area contributed by atoms with Crippen LogP contribution in [0.5, 0.6) is 5.75 Å². The van der Waals surface area contributed by atoms with Crippen molar-refractivity contribution in [1.82, 2.24) is 20.8 Å². The molecule has 8 nitrogen and oxygen atoms in total. The number of nitrogens with zero attached hydrogens (tertiary/aromatic N) is 2. The van der Waals surface area contributed by atoms with E-state index in [4.69, 9.17) is 0 Å². The molecule has 0 bridgehead atoms. The Kier molecular flexibility index (Phi) is 8.29. The number of nitrogens with one attached hydrogen (secondary N) is 3. The van der Waals surface area contributed by atoms with E-state index in [1.807, 2.05) is 13.8 Å². The van der Waals surface area contributed by atoms with Gasteiger partial charge in [-0.25, -0.2) is 9.97 Å². The summed E-state index contributed by atoms with van der Waals surface area (Å²) in [5, 5.41) is 2.95. The van der Waals surface area contributed by atoms with Crippen LogP contribution in [0.2, 0.25) is 0 Å². The SMILES string of the molecule is CC.O=C(NNC(=O)C(F)(F)F)c1cnc(NC2(c3ccccc3OC(F)(F)F)CCC2)nc1. The molecule has 0 unspecified atom stereocenters. The molecule has 0 atom stereocenters. The highest BCUT2D eigenvalue weighted by molar-refractivity contribution is 5.95. The summed E-state index contributed by atoms with van der Waals surface area (Å²) in [4.78, 5) is 30.3. The van der Waals surface area contributed by atoms with Crippen LogP contribution >= 0.6 is 0 Å². The van der Waals surface area contributed by atoms with E-state index in [1.54, 1.807) is 11.5 Å². The van der Waals surface area contributed by atoms with Crippen molar-refractivity contribution in [2.75, 3.05) is 5.32 Å². The summed E-state index contributed by atoms with van der Waals surface area (Å²) in [5.41, 5.74) is 1.82. The van der Waals surface area contributed by atoms with E-state index in [2.05, 4.69) is 20.0 Å². The number of amides is 2. The van der Waals surface area contributed by atoms with Crippen LogP contribution in [0.1, 0.15) is 49.0 Å². The lowest BCUT2D eigenvalue weighted by Gasteiger charge is -2.43. The number of aromatic nitrogens is 2. The average Bonchev–Trinajstić information content (AvgIpc) is 2.75. The van der Waals surface area contributed by atoms with E-state index in [0.29, 0.717) is 19.3 Å². The van der Waals surface area contributed by atoms with Crippen LogP contribution < -0.4 is 20.9 Å². The van der Waals surface area contributed by atoms with Crippen molar-refractivity contribution in [3.63, 3.8) is 0 Å². The largest absolute Gasteiger partial charge is 0.573 e. The number of para-hydroxylation sites is 1. The van der Waals surface area contributed by atoms with Crippen LogP contribution in [-0.4, -0.2) is 34.3 Å². The summed E-state index contributed by atoms with van der Waals surface area (Å²) in [6, 6.07) is 5.63. The van der Waals surface area contributed by atoms with Gasteiger partial charge in [0.15, 0.2) is 0 Å². The molecule has 34 heavy (non-hydrogen) atoms. The maximum Gasteiger partial charge on any atom is 0.573 e. The Bertz CT molecular complexity index is 991. The summed E-state index contributed by atoms with van der Waals surface area (Å²) in [6.45, 7) is 4.00. The molecule has 2 amide bonds. The van der Waals surface area contributed by atoms with Crippen molar-refractivity contribution >= 4 is 17.8 Å². The van der Waals surface area contributed by atoms with Gasteiger partial charge in [-0.3, -0.25) is 20.4 Å². The summed E-state index contributed by atoms with van der Waals surface area (Å²) in [6.07, 6.45) is -6.47. The van der Waals surface area contributed by atoms with Gasteiger partial charge in [0, 0.05) is 18.0 Å². The number of halogens is 6. The maximum atomic E-state index is 12.8. The normalized spacial score (nSPS) is 14.6. The number of hydrogen-bond donors (Lipinski definition) is 3. The zero-order valence-electron chi connectivity index (χ0n) is 18.0. The molecule has 1 aromatic carbocycles. The van der Waals surface area contributed by atoms with E-state index in [9.17, 15) is 35.9 Å². The molecule has 3 N–H and O–H groups in total. The number of ether oxygens (including phenoxy) is 1. The highest BCUT2D eigenvalue weighted by Gasteiger charge is 2.43. The summed E-state index contributed by atoms with van der Waals surface area (Å²) in [5.74, 6) is -3.86. The van der Waals surface area contributed by atoms with E-state index < -0.39 is 29.9 Å². The van der Waals surface area contributed by atoms with Crippen molar-refractivity contribution in [2.24, 2.45) is 0 Å². The first-order valence-electron chi connectivity index (χ1n) is 10.0. The van der Waals surface area contributed by atoms with Gasteiger partial charge >= 0.3 is 18.4 Å². The fraction of sp³-hybridized carbons (Fsp3) is 0.400. The van der Waals surface area contributed by atoms with E-state index in [0.717, 1.165) is 12.4 Å². The first-order chi connectivity index (χ1) is 15.9. The van der Waals surface area contributed by atoms with Crippen LogP contribution in [0.15, 0.2) is 36.7 Å². The molecule has 0 spiro atoms. The minimum Gasteiger partial charge on any atom is -0.405 e. The lowest BCUT2D eigenvalue weighted by Crippen LogP contribution is -2.47. The van der Waals surface area contributed by atoms with Gasteiger partial charge in [0.05, 0.1) is 11.1 Å². The van der Waals surface area contributed by atoms with E-state index >= 15 is 0 Å². The quantitative estimate of drug-likeness (QED) is 0.426. The second-order valence-corrected chi connectivity index (χ2v) is 6.81. The highest BCUT2D eigenvalue weighted by atomic mass is 19.4. The number of carbonyl (C=O) groups is 2. The molecule has 0 saturated heterocycles. The van der Waals surface area contributed by atoms with Crippen LogP contribution in [0.25, 0.3) is 0 Å². The molecular formula is C20H21F6N5O3. The smallest absolute Gasteiger partial charge is 0.405 e. The third kappa shape index (κ3) is 6.71. The Morgan fingerprint density at radius 3 is 2.06 bits per heavy atom. The monoisotopic (exact) mass is 493 g/mol. The van der Waals surface area contributed by atoms with Gasteiger partial charge in [0.2, 0.25) is 5.95 Å². The Morgan fingerprint density at radius 1 is 0.971 bits per heavy atom. The molecule has 1 fully saturated rings. The zero-order valence-corrected chi connectivity index (χ0v) is 18.0. The van der Waals surface area contributed by atoms with Gasteiger partial charge in [-0.15, -0.1) is 13.2 Å². The number of hydrazine groups is 1. The predicted molar refractivity (Wildman–Crippen MR) is 107 cm³/mol. The number of benzene rings is 1. The number of rotatable bonds is 5. The van der Waals surface area contributed by atoms with Crippen molar-refractivity contribution in [3.05, 3.63) is 47.8 Å². The standard InChI is InChI=1S/C18H15F6N5O3.C2H6/c19-17(20,21)14(31)29-28-13(30)10-8-25-15(26-9-10)27-16(6-3-7-16)11-4-1-2-5-12(11)32-18(22,23)24;1-2/h1-2,4-5,8-9H,3,6-7H2,(H,28,30)(H,29,31)(H,25,26,27);1-2H3.